The molecular formula is C66H41N7OPt-2. The Hall–Kier alpha value is -9.36. The molecule has 9 aromatic carbocycles. The number of imidazole rings is 1. The molecule has 0 unspecified atom stereocenters. The molecule has 6 aromatic heterocycles. The zero-order valence-corrected chi connectivity index (χ0v) is 42.6. The van der Waals surface area contributed by atoms with E-state index in [1.165, 1.54) is 21.5 Å². The van der Waals surface area contributed by atoms with Crippen LogP contribution in [0.2, 0.25) is 0 Å². The number of hydrogen-bond acceptors (Lipinski definition) is 3. The fraction of sp³-hybridized carbons (Fsp3) is 0.0152. The summed E-state index contributed by atoms with van der Waals surface area (Å²) >= 11 is 0. The van der Waals surface area contributed by atoms with Gasteiger partial charge in [0.05, 0.1) is 56.4 Å². The van der Waals surface area contributed by atoms with E-state index in [-0.39, 0.29) is 21.1 Å². The predicted molar refractivity (Wildman–Crippen MR) is 297 cm³/mol. The van der Waals surface area contributed by atoms with Crippen LogP contribution in [0, 0.1) is 25.4 Å². The first-order valence-electron chi connectivity index (χ1n) is 24.7. The minimum Gasteiger partial charge on any atom is -0.510 e. The first-order chi connectivity index (χ1) is 36.6. The summed E-state index contributed by atoms with van der Waals surface area (Å²) in [6.07, 6.45) is 7.60. The van der Waals surface area contributed by atoms with Crippen molar-refractivity contribution in [3.8, 4) is 51.2 Å². The molecule has 0 saturated carbocycles. The van der Waals surface area contributed by atoms with Gasteiger partial charge in [0.25, 0.3) is 6.33 Å². The maximum Gasteiger partial charge on any atom is 0.268 e. The molecule has 15 rings (SSSR count). The van der Waals surface area contributed by atoms with Gasteiger partial charge in [-0.05, 0) is 77.7 Å². The molecule has 0 fully saturated rings. The Kier molecular flexibility index (Phi) is 10.5. The second-order valence-corrected chi connectivity index (χ2v) is 18.7. The van der Waals surface area contributed by atoms with Gasteiger partial charge >= 0.3 is 0 Å². The van der Waals surface area contributed by atoms with Gasteiger partial charge in [0.15, 0.2) is 0 Å². The molecule has 0 spiro atoms. The molecule has 0 amide bonds. The largest absolute Gasteiger partial charge is 0.510 e. The number of nitrogens with zero attached hydrogens (tertiary/aromatic N) is 7. The Labute approximate surface area is 445 Å². The van der Waals surface area contributed by atoms with Crippen molar-refractivity contribution in [2.24, 2.45) is 0 Å². The average Bonchev–Trinajstić information content (AvgIpc) is 4.26. The maximum absolute atomic E-state index is 6.69. The van der Waals surface area contributed by atoms with E-state index in [1.54, 1.807) is 0 Å². The van der Waals surface area contributed by atoms with Crippen molar-refractivity contribution in [2.75, 3.05) is 0 Å². The van der Waals surface area contributed by atoms with Crippen molar-refractivity contribution in [3.63, 3.8) is 0 Å². The molecular weight excluding hydrogens is 1100 g/mol. The molecule has 0 aliphatic carbocycles. The van der Waals surface area contributed by atoms with Crippen LogP contribution in [0.1, 0.15) is 5.69 Å². The number of fused-ring (bicyclic) bond motifs is 10. The fourth-order valence-electron chi connectivity index (χ4n) is 11.2. The Bertz CT molecular complexity index is 4670. The van der Waals surface area contributed by atoms with E-state index in [0.717, 1.165) is 100 Å². The molecule has 0 N–H and O–H groups in total. The SMILES string of the molecule is Cc1cc2c(cn1)c1ccc(Oc3[c-]c(-n4[c-][n+](-c5ccccc5-c5ccccc5)c5ccccc54)ccc3)[c-]c1n2-c1ccc(-n2c3ccccc3c3cccc(-n4c5ccccc5c5ccccc54)c32)cn1.[Pt]. The van der Waals surface area contributed by atoms with Crippen LogP contribution in [-0.2, 0) is 21.1 Å². The minimum absolute atomic E-state index is 0. The van der Waals surface area contributed by atoms with Gasteiger partial charge in [-0.2, -0.15) is 18.2 Å². The normalized spacial score (nSPS) is 11.7. The molecule has 6 heterocycles. The zero-order valence-electron chi connectivity index (χ0n) is 40.3. The van der Waals surface area contributed by atoms with Crippen LogP contribution in [0.5, 0.6) is 11.5 Å². The number of para-hydroxylation sites is 7. The Morgan fingerprint density at radius 3 is 1.89 bits per heavy atom. The molecule has 9 heteroatoms. The van der Waals surface area contributed by atoms with Crippen LogP contribution in [0.15, 0.2) is 231 Å². The summed E-state index contributed by atoms with van der Waals surface area (Å²) in [6, 6.07) is 83.5. The molecule has 0 saturated heterocycles. The van der Waals surface area contributed by atoms with Gasteiger partial charge in [-0.25, -0.2) is 4.98 Å². The topological polar surface area (TPSA) is 58.6 Å². The van der Waals surface area contributed by atoms with Gasteiger partial charge in [0.1, 0.15) is 5.82 Å². The van der Waals surface area contributed by atoms with E-state index < -0.39 is 0 Å². The van der Waals surface area contributed by atoms with Gasteiger partial charge in [0.2, 0.25) is 0 Å². The van der Waals surface area contributed by atoms with Crippen LogP contribution < -0.4 is 9.30 Å². The molecule has 358 valence electrons. The molecule has 0 aliphatic heterocycles. The van der Waals surface area contributed by atoms with Gasteiger partial charge in [-0.15, -0.1) is 29.7 Å². The number of rotatable bonds is 8. The van der Waals surface area contributed by atoms with Gasteiger partial charge in [0, 0.05) is 71.5 Å². The summed E-state index contributed by atoms with van der Waals surface area (Å²) in [7, 11) is 0. The van der Waals surface area contributed by atoms with E-state index in [0.29, 0.717) is 11.5 Å². The average molecular weight is 1140 g/mol. The molecule has 0 bridgehead atoms. The monoisotopic (exact) mass is 1140 g/mol. The third-order valence-corrected chi connectivity index (χ3v) is 14.4. The molecule has 8 nitrogen and oxygen atoms in total. The van der Waals surface area contributed by atoms with Crippen molar-refractivity contribution in [2.45, 2.75) is 6.92 Å². The third kappa shape index (κ3) is 7.05. The van der Waals surface area contributed by atoms with E-state index in [2.05, 4.69) is 225 Å². The van der Waals surface area contributed by atoms with Gasteiger partial charge < -0.3 is 23.0 Å². The van der Waals surface area contributed by atoms with Crippen molar-refractivity contribution >= 4 is 76.5 Å². The number of aryl methyl sites for hydroxylation is 1. The number of pyridine rings is 2. The van der Waals surface area contributed by atoms with Crippen LogP contribution in [0.3, 0.4) is 0 Å². The maximum atomic E-state index is 6.69. The zero-order chi connectivity index (χ0) is 48.9. The predicted octanol–water partition coefficient (Wildman–Crippen LogP) is 15.2. The van der Waals surface area contributed by atoms with Crippen molar-refractivity contribution in [1.29, 1.82) is 0 Å². The number of benzene rings is 9. The summed E-state index contributed by atoms with van der Waals surface area (Å²) < 4.78 is 17.8. The van der Waals surface area contributed by atoms with Crippen LogP contribution in [0.25, 0.3) is 116 Å². The summed E-state index contributed by atoms with van der Waals surface area (Å²) in [4.78, 5) is 10.0. The first kappa shape index (κ1) is 44.3. The number of hydrogen-bond donors (Lipinski definition) is 0. The summed E-state index contributed by atoms with van der Waals surface area (Å²) in [5.74, 6) is 1.85. The molecule has 0 radical (unpaired) electrons. The van der Waals surface area contributed by atoms with Crippen LogP contribution >= 0.6 is 0 Å². The van der Waals surface area contributed by atoms with Crippen molar-refractivity contribution < 1.29 is 30.4 Å². The number of aromatic nitrogens is 7. The first-order valence-corrected chi connectivity index (χ1v) is 24.7. The standard InChI is InChI=1S/C66H41N7O.Pt/c1-43-37-63-55(41-67-43)53-35-34-48(74-47-20-15-19-45(38-47)69-42-70(61-31-14-13-30-60(61)69)56-26-9-5-21-49(56)44-17-3-2-4-18-44)39-64(53)73(63)65-36-33-46(40-68-65)71-57-27-10-8-24-52(57)54-25-16-32-62(66(54)71)72-58-28-11-6-22-50(58)51-23-7-12-29-59(51)72;/h2-37,40-41H,1H3;/q-2;. The van der Waals surface area contributed by atoms with Gasteiger partial charge in [-0.1, -0.05) is 145 Å². The molecule has 75 heavy (non-hydrogen) atoms. The molecule has 15 aromatic rings. The second-order valence-electron chi connectivity index (χ2n) is 18.7. The Balaban J connectivity index is 0.00000516. The van der Waals surface area contributed by atoms with Crippen LogP contribution in [0.4, 0.5) is 0 Å². The van der Waals surface area contributed by atoms with E-state index in [9.17, 15) is 0 Å². The molecule has 0 atom stereocenters. The summed E-state index contributed by atoms with van der Waals surface area (Å²) in [5.41, 5.74) is 15.4. The quantitative estimate of drug-likeness (QED) is 0.113. The molecule has 0 aliphatic rings. The smallest absolute Gasteiger partial charge is 0.268 e. The second kappa shape index (κ2) is 17.7. The van der Waals surface area contributed by atoms with Crippen LogP contribution in [-0.4, -0.2) is 28.2 Å². The number of ether oxygens (including phenoxy) is 1. The minimum atomic E-state index is 0. The van der Waals surface area contributed by atoms with Crippen molar-refractivity contribution in [1.82, 2.24) is 28.2 Å². The Morgan fingerprint density at radius 1 is 0.467 bits per heavy atom. The van der Waals surface area contributed by atoms with E-state index >= 15 is 0 Å². The summed E-state index contributed by atoms with van der Waals surface area (Å²) in [5, 5.41) is 6.80. The van der Waals surface area contributed by atoms with Gasteiger partial charge in [-0.3, -0.25) is 9.55 Å². The third-order valence-electron chi connectivity index (χ3n) is 14.4. The fourth-order valence-corrected chi connectivity index (χ4v) is 11.2. The summed E-state index contributed by atoms with van der Waals surface area (Å²) in [6.45, 7) is 2.02. The Morgan fingerprint density at radius 2 is 1.12 bits per heavy atom. The van der Waals surface area contributed by atoms with Crippen molar-refractivity contribution in [3.05, 3.63) is 255 Å². The van der Waals surface area contributed by atoms with E-state index in [1.807, 2.05) is 54.2 Å². The van der Waals surface area contributed by atoms with E-state index in [4.69, 9.17) is 14.7 Å².